The first-order valence-corrected chi connectivity index (χ1v) is 7.95. The molecule has 0 amide bonds. The average molecular weight is 273 g/mol. The van der Waals surface area contributed by atoms with E-state index in [1.165, 1.54) is 28.9 Å². The predicted octanol–water partition coefficient (Wildman–Crippen LogP) is 2.64. The minimum absolute atomic E-state index is 0.568. The number of thioether (sulfide) groups is 1. The normalized spacial score (nSPS) is 16.6. The van der Waals surface area contributed by atoms with Gasteiger partial charge in [0, 0.05) is 30.8 Å². The summed E-state index contributed by atoms with van der Waals surface area (Å²) in [6.45, 7) is 2.75. The molecule has 0 radical (unpaired) electrons. The summed E-state index contributed by atoms with van der Waals surface area (Å²) in [4.78, 5) is 7.20. The Morgan fingerprint density at radius 2 is 2.11 bits per heavy atom. The van der Waals surface area contributed by atoms with Crippen molar-refractivity contribution in [3.8, 4) is 0 Å². The van der Waals surface area contributed by atoms with Crippen LogP contribution in [0.2, 0.25) is 0 Å². The van der Waals surface area contributed by atoms with Crippen molar-refractivity contribution in [2.75, 3.05) is 29.5 Å². The van der Waals surface area contributed by atoms with Crippen LogP contribution >= 0.6 is 11.8 Å². The Labute approximate surface area is 118 Å². The maximum atomic E-state index is 5.89. The van der Waals surface area contributed by atoms with Gasteiger partial charge < -0.3 is 10.6 Å². The van der Waals surface area contributed by atoms with E-state index in [0.29, 0.717) is 6.54 Å². The third-order valence-electron chi connectivity index (χ3n) is 3.55. The zero-order chi connectivity index (χ0) is 13.1. The lowest BCUT2D eigenvalue weighted by Gasteiger charge is -2.22. The van der Waals surface area contributed by atoms with Crippen molar-refractivity contribution < 1.29 is 0 Å². The van der Waals surface area contributed by atoms with Gasteiger partial charge in [0.05, 0.1) is 5.52 Å². The number of hydrogen-bond acceptors (Lipinski definition) is 4. The van der Waals surface area contributed by atoms with Gasteiger partial charge in [-0.1, -0.05) is 18.2 Å². The Bertz CT molecular complexity index is 562. The van der Waals surface area contributed by atoms with Crippen LogP contribution in [0.4, 0.5) is 5.82 Å². The number of aromatic nitrogens is 1. The molecule has 100 valence electrons. The fraction of sp³-hybridized carbons (Fsp3) is 0.400. The maximum absolute atomic E-state index is 5.89. The van der Waals surface area contributed by atoms with Crippen molar-refractivity contribution in [1.29, 1.82) is 0 Å². The number of anilines is 1. The SMILES string of the molecule is NCc1cc(N2CCCSCC2)nc2ccccc12. The second kappa shape index (κ2) is 5.80. The molecule has 0 aliphatic carbocycles. The number of rotatable bonds is 2. The van der Waals surface area contributed by atoms with Gasteiger partial charge in [-0.15, -0.1) is 0 Å². The molecule has 2 N–H and O–H groups in total. The summed E-state index contributed by atoms with van der Waals surface area (Å²) >= 11 is 2.03. The molecule has 19 heavy (non-hydrogen) atoms. The van der Waals surface area contributed by atoms with Gasteiger partial charge in [-0.2, -0.15) is 11.8 Å². The summed E-state index contributed by atoms with van der Waals surface area (Å²) in [5, 5.41) is 1.18. The highest BCUT2D eigenvalue weighted by Crippen LogP contribution is 2.24. The minimum atomic E-state index is 0.568. The fourth-order valence-corrected chi connectivity index (χ4v) is 3.42. The van der Waals surface area contributed by atoms with E-state index >= 15 is 0 Å². The van der Waals surface area contributed by atoms with Crippen LogP contribution in [-0.4, -0.2) is 29.6 Å². The molecule has 3 rings (SSSR count). The average Bonchev–Trinajstić information content (AvgIpc) is 2.75. The monoisotopic (exact) mass is 273 g/mol. The fourth-order valence-electron chi connectivity index (χ4n) is 2.54. The highest BCUT2D eigenvalue weighted by Gasteiger charge is 2.13. The summed E-state index contributed by atoms with van der Waals surface area (Å²) in [6, 6.07) is 10.4. The summed E-state index contributed by atoms with van der Waals surface area (Å²) in [7, 11) is 0. The minimum Gasteiger partial charge on any atom is -0.356 e. The summed E-state index contributed by atoms with van der Waals surface area (Å²) in [5.74, 6) is 3.53. The molecule has 3 nitrogen and oxygen atoms in total. The standard InChI is InChI=1S/C15H19N3S/c16-11-12-10-15(18-6-3-8-19-9-7-18)17-14-5-2-1-4-13(12)14/h1-2,4-5,10H,3,6-9,11,16H2. The molecule has 0 atom stereocenters. The van der Waals surface area contributed by atoms with Gasteiger partial charge in [0.2, 0.25) is 0 Å². The molecule has 1 aliphatic heterocycles. The van der Waals surface area contributed by atoms with Crippen LogP contribution in [0.5, 0.6) is 0 Å². The van der Waals surface area contributed by atoms with Crippen LogP contribution in [0.1, 0.15) is 12.0 Å². The maximum Gasteiger partial charge on any atom is 0.129 e. The van der Waals surface area contributed by atoms with Gasteiger partial charge in [0.1, 0.15) is 5.82 Å². The zero-order valence-corrected chi connectivity index (χ0v) is 11.8. The Hall–Kier alpha value is -1.26. The number of fused-ring (bicyclic) bond motifs is 1. The number of hydrogen-bond donors (Lipinski definition) is 1. The highest BCUT2D eigenvalue weighted by atomic mass is 32.2. The van der Waals surface area contributed by atoms with Crippen molar-refractivity contribution in [1.82, 2.24) is 4.98 Å². The largest absolute Gasteiger partial charge is 0.356 e. The zero-order valence-electron chi connectivity index (χ0n) is 11.0. The Morgan fingerprint density at radius 1 is 1.21 bits per heavy atom. The van der Waals surface area contributed by atoms with Gasteiger partial charge in [-0.05, 0) is 29.9 Å². The Kier molecular flexibility index (Phi) is 3.89. The molecule has 1 aromatic heterocycles. The van der Waals surface area contributed by atoms with Gasteiger partial charge in [0.15, 0.2) is 0 Å². The molecular formula is C15H19N3S. The smallest absolute Gasteiger partial charge is 0.129 e. The van der Waals surface area contributed by atoms with E-state index in [1.54, 1.807) is 0 Å². The quantitative estimate of drug-likeness (QED) is 0.913. The van der Waals surface area contributed by atoms with Crippen molar-refractivity contribution in [3.05, 3.63) is 35.9 Å². The van der Waals surface area contributed by atoms with Gasteiger partial charge in [-0.3, -0.25) is 0 Å². The van der Waals surface area contributed by atoms with Crippen molar-refractivity contribution in [2.45, 2.75) is 13.0 Å². The molecule has 2 heterocycles. The van der Waals surface area contributed by atoms with Crippen LogP contribution in [0.15, 0.2) is 30.3 Å². The number of para-hydroxylation sites is 1. The van der Waals surface area contributed by atoms with E-state index in [1.807, 2.05) is 23.9 Å². The second-order valence-electron chi connectivity index (χ2n) is 4.81. The van der Waals surface area contributed by atoms with E-state index in [9.17, 15) is 0 Å². The summed E-state index contributed by atoms with van der Waals surface area (Å²) < 4.78 is 0. The topological polar surface area (TPSA) is 42.1 Å². The molecule has 2 aromatic rings. The third-order valence-corrected chi connectivity index (χ3v) is 4.60. The number of nitrogens with two attached hydrogens (primary N) is 1. The first kappa shape index (κ1) is 12.8. The molecule has 1 aromatic carbocycles. The van der Waals surface area contributed by atoms with Crippen molar-refractivity contribution in [2.24, 2.45) is 5.73 Å². The lowest BCUT2D eigenvalue weighted by Crippen LogP contribution is -2.26. The van der Waals surface area contributed by atoms with Crippen molar-refractivity contribution in [3.63, 3.8) is 0 Å². The molecule has 1 saturated heterocycles. The van der Waals surface area contributed by atoms with E-state index in [0.717, 1.165) is 24.4 Å². The molecule has 0 unspecified atom stereocenters. The summed E-state index contributed by atoms with van der Waals surface area (Å²) in [6.07, 6.45) is 1.23. The van der Waals surface area contributed by atoms with Gasteiger partial charge in [0.25, 0.3) is 0 Å². The van der Waals surface area contributed by atoms with E-state index in [-0.39, 0.29) is 0 Å². The van der Waals surface area contributed by atoms with Gasteiger partial charge >= 0.3 is 0 Å². The number of nitrogens with zero attached hydrogens (tertiary/aromatic N) is 2. The van der Waals surface area contributed by atoms with Crippen LogP contribution in [0, 0.1) is 0 Å². The van der Waals surface area contributed by atoms with Crippen molar-refractivity contribution >= 4 is 28.5 Å². The van der Waals surface area contributed by atoms with Crippen LogP contribution in [-0.2, 0) is 6.54 Å². The van der Waals surface area contributed by atoms with Crippen LogP contribution in [0.25, 0.3) is 10.9 Å². The predicted molar refractivity (Wildman–Crippen MR) is 83.8 cm³/mol. The first-order chi connectivity index (χ1) is 9.38. The molecule has 4 heteroatoms. The first-order valence-electron chi connectivity index (χ1n) is 6.80. The van der Waals surface area contributed by atoms with E-state index in [2.05, 4.69) is 23.1 Å². The van der Waals surface area contributed by atoms with Crippen LogP contribution in [0.3, 0.4) is 0 Å². The molecule has 0 spiro atoms. The Balaban J connectivity index is 2.03. The lowest BCUT2D eigenvalue weighted by atomic mass is 10.1. The second-order valence-corrected chi connectivity index (χ2v) is 6.04. The van der Waals surface area contributed by atoms with Gasteiger partial charge in [-0.25, -0.2) is 4.98 Å². The van der Waals surface area contributed by atoms with E-state index < -0.39 is 0 Å². The molecule has 0 bridgehead atoms. The Morgan fingerprint density at radius 3 is 3.00 bits per heavy atom. The highest BCUT2D eigenvalue weighted by molar-refractivity contribution is 7.99. The molecular weight excluding hydrogens is 254 g/mol. The number of pyridine rings is 1. The lowest BCUT2D eigenvalue weighted by molar-refractivity contribution is 0.802. The molecule has 0 saturated carbocycles. The van der Waals surface area contributed by atoms with E-state index in [4.69, 9.17) is 10.7 Å². The molecule has 1 aliphatic rings. The number of benzene rings is 1. The molecule has 1 fully saturated rings. The third kappa shape index (κ3) is 2.69. The summed E-state index contributed by atoms with van der Waals surface area (Å²) in [5.41, 5.74) is 8.14. The van der Waals surface area contributed by atoms with Crippen LogP contribution < -0.4 is 10.6 Å².